The van der Waals surface area contributed by atoms with Crippen LogP contribution in [0.5, 0.6) is 0 Å². The number of carbonyl (C=O) groups is 1. The Hall–Kier alpha value is -2.29. The summed E-state index contributed by atoms with van der Waals surface area (Å²) in [5, 5.41) is 2.95. The van der Waals surface area contributed by atoms with E-state index in [1.165, 1.54) is 11.1 Å². The predicted molar refractivity (Wildman–Crippen MR) is 93.9 cm³/mol. The molecular weight excluding hydrogens is 272 g/mol. The van der Waals surface area contributed by atoms with Gasteiger partial charge in [-0.1, -0.05) is 6.07 Å². The first-order valence-electron chi connectivity index (χ1n) is 7.78. The largest absolute Gasteiger partial charge is 0.372 e. The Morgan fingerprint density at radius 3 is 2.14 bits per heavy atom. The number of amides is 1. The topological polar surface area (TPSA) is 32.3 Å². The van der Waals surface area contributed by atoms with Gasteiger partial charge >= 0.3 is 0 Å². The molecule has 22 heavy (non-hydrogen) atoms. The second-order valence-electron chi connectivity index (χ2n) is 5.47. The quantitative estimate of drug-likeness (QED) is 0.887. The van der Waals surface area contributed by atoms with Crippen molar-refractivity contribution in [3.05, 3.63) is 59.2 Å². The maximum atomic E-state index is 12.3. The number of hydrogen-bond acceptors (Lipinski definition) is 2. The van der Waals surface area contributed by atoms with Gasteiger partial charge in [0.25, 0.3) is 5.91 Å². The molecular formula is C19H24N2O. The number of hydrogen-bond donors (Lipinski definition) is 1. The van der Waals surface area contributed by atoms with Gasteiger partial charge in [0.15, 0.2) is 0 Å². The third kappa shape index (κ3) is 3.67. The standard InChI is InChI=1S/C19H24N2O/c1-5-21(6-2)18-11-8-16(9-12-18)19(22)20-17-10-7-14(3)15(4)13-17/h7-13H,5-6H2,1-4H3,(H,20,22). The Morgan fingerprint density at radius 1 is 0.955 bits per heavy atom. The first-order valence-corrected chi connectivity index (χ1v) is 7.78. The SMILES string of the molecule is CCN(CC)c1ccc(C(=O)Nc2ccc(C)c(C)c2)cc1. The highest BCUT2D eigenvalue weighted by molar-refractivity contribution is 6.04. The van der Waals surface area contributed by atoms with Crippen molar-refractivity contribution in [3.63, 3.8) is 0 Å². The van der Waals surface area contributed by atoms with Crippen LogP contribution in [-0.2, 0) is 0 Å². The second kappa shape index (κ2) is 7.12. The molecule has 0 bridgehead atoms. The molecule has 0 atom stereocenters. The Kier molecular flexibility index (Phi) is 5.21. The summed E-state index contributed by atoms with van der Waals surface area (Å²) in [4.78, 5) is 14.6. The van der Waals surface area contributed by atoms with Gasteiger partial charge in [-0.25, -0.2) is 0 Å². The van der Waals surface area contributed by atoms with E-state index in [0.717, 1.165) is 24.5 Å². The minimum absolute atomic E-state index is 0.0747. The molecule has 3 nitrogen and oxygen atoms in total. The number of benzene rings is 2. The van der Waals surface area contributed by atoms with Crippen molar-refractivity contribution in [2.75, 3.05) is 23.3 Å². The fourth-order valence-electron chi connectivity index (χ4n) is 2.43. The summed E-state index contributed by atoms with van der Waals surface area (Å²) in [6.45, 7) is 10.3. The van der Waals surface area contributed by atoms with Crippen LogP contribution in [0.1, 0.15) is 35.3 Å². The van der Waals surface area contributed by atoms with Gasteiger partial charge in [0.1, 0.15) is 0 Å². The van der Waals surface area contributed by atoms with Crippen LogP contribution in [0.15, 0.2) is 42.5 Å². The zero-order valence-electron chi connectivity index (χ0n) is 13.8. The monoisotopic (exact) mass is 296 g/mol. The van der Waals surface area contributed by atoms with Gasteiger partial charge in [-0.3, -0.25) is 4.79 Å². The summed E-state index contributed by atoms with van der Waals surface area (Å²) in [5.41, 5.74) is 5.05. The van der Waals surface area contributed by atoms with E-state index in [0.29, 0.717) is 5.56 Å². The van der Waals surface area contributed by atoms with Gasteiger partial charge < -0.3 is 10.2 Å². The summed E-state index contributed by atoms with van der Waals surface area (Å²) in [6.07, 6.45) is 0. The Balaban J connectivity index is 2.11. The lowest BCUT2D eigenvalue weighted by Crippen LogP contribution is -2.21. The average molecular weight is 296 g/mol. The minimum atomic E-state index is -0.0747. The molecule has 2 rings (SSSR count). The molecule has 0 heterocycles. The van der Waals surface area contributed by atoms with Crippen molar-refractivity contribution in [3.8, 4) is 0 Å². The lowest BCUT2D eigenvalue weighted by atomic mass is 10.1. The Labute approximate surface area is 133 Å². The van der Waals surface area contributed by atoms with Crippen LogP contribution >= 0.6 is 0 Å². The van der Waals surface area contributed by atoms with E-state index in [-0.39, 0.29) is 5.91 Å². The normalized spacial score (nSPS) is 10.4. The molecule has 1 amide bonds. The smallest absolute Gasteiger partial charge is 0.255 e. The fourth-order valence-corrected chi connectivity index (χ4v) is 2.43. The molecule has 0 fully saturated rings. The molecule has 0 radical (unpaired) electrons. The van der Waals surface area contributed by atoms with E-state index >= 15 is 0 Å². The zero-order chi connectivity index (χ0) is 16.1. The molecule has 3 heteroatoms. The maximum Gasteiger partial charge on any atom is 0.255 e. The number of anilines is 2. The molecule has 2 aromatic carbocycles. The molecule has 0 aliphatic heterocycles. The van der Waals surface area contributed by atoms with E-state index in [1.54, 1.807) is 0 Å². The second-order valence-corrected chi connectivity index (χ2v) is 5.47. The molecule has 116 valence electrons. The van der Waals surface area contributed by atoms with Gasteiger partial charge in [0, 0.05) is 30.0 Å². The van der Waals surface area contributed by atoms with E-state index in [4.69, 9.17) is 0 Å². The summed E-state index contributed by atoms with van der Waals surface area (Å²) < 4.78 is 0. The van der Waals surface area contributed by atoms with Gasteiger partial charge in [-0.05, 0) is 75.2 Å². The Bertz CT molecular complexity index is 643. The highest BCUT2D eigenvalue weighted by Gasteiger charge is 2.08. The zero-order valence-corrected chi connectivity index (χ0v) is 13.8. The molecule has 0 aliphatic rings. The summed E-state index contributed by atoms with van der Waals surface area (Å²) in [7, 11) is 0. The van der Waals surface area contributed by atoms with Crippen molar-refractivity contribution in [2.45, 2.75) is 27.7 Å². The molecule has 0 unspecified atom stereocenters. The average Bonchev–Trinajstić information content (AvgIpc) is 2.53. The van der Waals surface area contributed by atoms with Crippen molar-refractivity contribution in [2.24, 2.45) is 0 Å². The van der Waals surface area contributed by atoms with Gasteiger partial charge in [0.05, 0.1) is 0 Å². The first-order chi connectivity index (χ1) is 10.5. The first kappa shape index (κ1) is 16.1. The molecule has 0 saturated carbocycles. The van der Waals surface area contributed by atoms with Crippen LogP contribution in [-0.4, -0.2) is 19.0 Å². The number of carbonyl (C=O) groups excluding carboxylic acids is 1. The van der Waals surface area contributed by atoms with Crippen LogP contribution in [0.2, 0.25) is 0 Å². The Morgan fingerprint density at radius 2 is 1.59 bits per heavy atom. The highest BCUT2D eigenvalue weighted by atomic mass is 16.1. The lowest BCUT2D eigenvalue weighted by molar-refractivity contribution is 0.102. The van der Waals surface area contributed by atoms with Gasteiger partial charge in [-0.15, -0.1) is 0 Å². The third-order valence-corrected chi connectivity index (χ3v) is 4.02. The van der Waals surface area contributed by atoms with Crippen molar-refractivity contribution < 1.29 is 4.79 Å². The van der Waals surface area contributed by atoms with Crippen LogP contribution in [0, 0.1) is 13.8 Å². The van der Waals surface area contributed by atoms with E-state index in [2.05, 4.69) is 31.0 Å². The summed E-state index contributed by atoms with van der Waals surface area (Å²) >= 11 is 0. The van der Waals surface area contributed by atoms with Crippen LogP contribution in [0.25, 0.3) is 0 Å². The molecule has 0 spiro atoms. The highest BCUT2D eigenvalue weighted by Crippen LogP contribution is 2.18. The van der Waals surface area contributed by atoms with E-state index in [9.17, 15) is 4.79 Å². The van der Waals surface area contributed by atoms with Crippen molar-refractivity contribution in [1.82, 2.24) is 0 Å². The van der Waals surface area contributed by atoms with E-state index < -0.39 is 0 Å². The van der Waals surface area contributed by atoms with Crippen LogP contribution < -0.4 is 10.2 Å². The van der Waals surface area contributed by atoms with Crippen LogP contribution in [0.3, 0.4) is 0 Å². The van der Waals surface area contributed by atoms with E-state index in [1.807, 2.05) is 49.4 Å². The van der Waals surface area contributed by atoms with Crippen LogP contribution in [0.4, 0.5) is 11.4 Å². The van der Waals surface area contributed by atoms with Crippen molar-refractivity contribution >= 4 is 17.3 Å². The number of aryl methyl sites for hydroxylation is 2. The molecule has 1 N–H and O–H groups in total. The molecule has 2 aromatic rings. The molecule has 0 aromatic heterocycles. The molecule has 0 saturated heterocycles. The maximum absolute atomic E-state index is 12.3. The molecule has 0 aliphatic carbocycles. The fraction of sp³-hybridized carbons (Fsp3) is 0.316. The number of nitrogens with zero attached hydrogens (tertiary/aromatic N) is 1. The number of nitrogens with one attached hydrogen (secondary N) is 1. The minimum Gasteiger partial charge on any atom is -0.372 e. The third-order valence-electron chi connectivity index (χ3n) is 4.02. The predicted octanol–water partition coefficient (Wildman–Crippen LogP) is 4.40. The summed E-state index contributed by atoms with van der Waals surface area (Å²) in [5.74, 6) is -0.0747. The van der Waals surface area contributed by atoms with Gasteiger partial charge in [-0.2, -0.15) is 0 Å². The lowest BCUT2D eigenvalue weighted by Gasteiger charge is -2.21. The van der Waals surface area contributed by atoms with Crippen molar-refractivity contribution in [1.29, 1.82) is 0 Å². The number of rotatable bonds is 5. The van der Waals surface area contributed by atoms with Gasteiger partial charge in [0.2, 0.25) is 0 Å². The summed E-state index contributed by atoms with van der Waals surface area (Å²) in [6, 6.07) is 13.7.